The average molecular weight is 397 g/mol. The van der Waals surface area contributed by atoms with Crippen molar-refractivity contribution in [3.63, 3.8) is 0 Å². The second-order valence-corrected chi connectivity index (χ2v) is 7.38. The molecule has 0 unspecified atom stereocenters. The number of Topliss-reactive ketones (excluding diaryl/α,β-unsaturated/α-hetero) is 1. The molecule has 3 aromatic rings. The summed E-state index contributed by atoms with van der Waals surface area (Å²) in [4.78, 5) is 26.4. The lowest BCUT2D eigenvalue weighted by Crippen LogP contribution is -2.29. The molecule has 0 spiro atoms. The van der Waals surface area contributed by atoms with Crippen LogP contribution in [0.4, 0.5) is 5.69 Å². The van der Waals surface area contributed by atoms with Crippen LogP contribution in [-0.4, -0.2) is 18.8 Å². The Kier molecular flexibility index (Phi) is 5.23. The van der Waals surface area contributed by atoms with Gasteiger partial charge in [-0.1, -0.05) is 48.6 Å². The predicted molar refractivity (Wildman–Crippen MR) is 121 cm³/mol. The standard InChI is InChI=1S/C26H23NO3/c1-17(28)24-6-4-5-7-25(24)20-10-8-19-9-11-21-15-23(30-3)12-13-26(21)27(18(2)29)16-22(19)14-20/h4-15H,16H2,1-3H3/b11-9-. The van der Waals surface area contributed by atoms with Gasteiger partial charge in [0.15, 0.2) is 5.78 Å². The molecule has 30 heavy (non-hydrogen) atoms. The van der Waals surface area contributed by atoms with Crippen molar-refractivity contribution in [2.75, 3.05) is 12.0 Å². The van der Waals surface area contributed by atoms with E-state index in [2.05, 4.69) is 12.1 Å². The van der Waals surface area contributed by atoms with Crippen LogP contribution >= 0.6 is 0 Å². The number of benzene rings is 3. The highest BCUT2D eigenvalue weighted by molar-refractivity contribution is 6.01. The van der Waals surface area contributed by atoms with Gasteiger partial charge in [-0.3, -0.25) is 9.59 Å². The third kappa shape index (κ3) is 3.64. The molecule has 4 heteroatoms. The van der Waals surface area contributed by atoms with E-state index in [0.717, 1.165) is 39.3 Å². The fourth-order valence-electron chi connectivity index (χ4n) is 3.87. The Morgan fingerprint density at radius 3 is 2.40 bits per heavy atom. The van der Waals surface area contributed by atoms with Crippen LogP contribution in [0.3, 0.4) is 0 Å². The van der Waals surface area contributed by atoms with E-state index in [1.54, 1.807) is 25.9 Å². The van der Waals surface area contributed by atoms with Crippen molar-refractivity contribution in [1.82, 2.24) is 0 Å². The summed E-state index contributed by atoms with van der Waals surface area (Å²) in [6.07, 6.45) is 4.07. The van der Waals surface area contributed by atoms with Crippen LogP contribution < -0.4 is 9.64 Å². The number of fused-ring (bicyclic) bond motifs is 2. The fraction of sp³-hybridized carbons (Fsp3) is 0.154. The SMILES string of the molecule is COc1ccc2c(c1)/C=C\c1ccc(-c3ccccc3C(C)=O)cc1CN2C(C)=O. The van der Waals surface area contributed by atoms with Gasteiger partial charge in [0.25, 0.3) is 0 Å². The van der Waals surface area contributed by atoms with E-state index in [0.29, 0.717) is 12.1 Å². The lowest BCUT2D eigenvalue weighted by molar-refractivity contribution is -0.116. The fourth-order valence-corrected chi connectivity index (χ4v) is 3.87. The zero-order valence-corrected chi connectivity index (χ0v) is 17.3. The quantitative estimate of drug-likeness (QED) is 0.540. The number of hydrogen-bond acceptors (Lipinski definition) is 3. The third-order valence-corrected chi connectivity index (χ3v) is 5.44. The number of hydrogen-bond donors (Lipinski definition) is 0. The summed E-state index contributed by atoms with van der Waals surface area (Å²) in [6, 6.07) is 19.5. The van der Waals surface area contributed by atoms with Gasteiger partial charge in [0, 0.05) is 18.1 Å². The van der Waals surface area contributed by atoms with Crippen LogP contribution in [0.5, 0.6) is 5.75 Å². The number of methoxy groups -OCH3 is 1. The topological polar surface area (TPSA) is 46.6 Å². The Bertz CT molecular complexity index is 1180. The first kappa shape index (κ1) is 19.6. The zero-order chi connectivity index (χ0) is 21.3. The first-order chi connectivity index (χ1) is 14.5. The van der Waals surface area contributed by atoms with Crippen molar-refractivity contribution in [2.45, 2.75) is 20.4 Å². The van der Waals surface area contributed by atoms with E-state index in [-0.39, 0.29) is 11.7 Å². The minimum atomic E-state index is -0.0304. The number of carbonyl (C=O) groups excluding carboxylic acids is 2. The van der Waals surface area contributed by atoms with Crippen molar-refractivity contribution in [3.05, 3.63) is 82.9 Å². The summed E-state index contributed by atoms with van der Waals surface area (Å²) in [7, 11) is 1.63. The van der Waals surface area contributed by atoms with Crippen LogP contribution in [-0.2, 0) is 11.3 Å². The molecule has 1 aliphatic heterocycles. The van der Waals surface area contributed by atoms with Crippen molar-refractivity contribution >= 4 is 29.5 Å². The summed E-state index contributed by atoms with van der Waals surface area (Å²) in [5, 5.41) is 0. The van der Waals surface area contributed by atoms with E-state index < -0.39 is 0 Å². The monoisotopic (exact) mass is 397 g/mol. The second-order valence-electron chi connectivity index (χ2n) is 7.38. The maximum Gasteiger partial charge on any atom is 0.224 e. The van der Waals surface area contributed by atoms with Gasteiger partial charge in [0.05, 0.1) is 19.3 Å². The molecule has 0 radical (unpaired) electrons. The van der Waals surface area contributed by atoms with Gasteiger partial charge in [0.2, 0.25) is 5.91 Å². The summed E-state index contributed by atoms with van der Waals surface area (Å²) in [6.45, 7) is 3.61. The van der Waals surface area contributed by atoms with Crippen LogP contribution in [0, 0.1) is 0 Å². The van der Waals surface area contributed by atoms with Gasteiger partial charge in [-0.25, -0.2) is 0 Å². The van der Waals surface area contributed by atoms with Gasteiger partial charge in [0.1, 0.15) is 5.75 Å². The number of rotatable bonds is 3. The molecule has 150 valence electrons. The molecule has 0 bridgehead atoms. The number of ether oxygens (including phenoxy) is 1. The summed E-state index contributed by atoms with van der Waals surface area (Å²) in [5.41, 5.74) is 6.41. The summed E-state index contributed by atoms with van der Waals surface area (Å²) >= 11 is 0. The number of anilines is 1. The maximum atomic E-state index is 12.5. The molecule has 3 aromatic carbocycles. The van der Waals surface area contributed by atoms with Gasteiger partial charge >= 0.3 is 0 Å². The minimum Gasteiger partial charge on any atom is -0.497 e. The molecule has 0 saturated heterocycles. The summed E-state index contributed by atoms with van der Waals surface area (Å²) in [5.74, 6) is 0.751. The van der Waals surface area contributed by atoms with E-state index >= 15 is 0 Å². The molecule has 1 heterocycles. The van der Waals surface area contributed by atoms with Crippen LogP contribution in [0.25, 0.3) is 23.3 Å². The molecule has 0 aliphatic carbocycles. The van der Waals surface area contributed by atoms with E-state index in [1.165, 1.54) is 0 Å². The third-order valence-electron chi connectivity index (χ3n) is 5.44. The largest absolute Gasteiger partial charge is 0.497 e. The average Bonchev–Trinajstić information content (AvgIpc) is 2.74. The molecule has 4 rings (SSSR count). The lowest BCUT2D eigenvalue weighted by Gasteiger charge is -2.26. The van der Waals surface area contributed by atoms with Gasteiger partial charge < -0.3 is 9.64 Å². The predicted octanol–water partition coefficient (Wildman–Crippen LogP) is 5.60. The highest BCUT2D eigenvalue weighted by Gasteiger charge is 2.20. The first-order valence-electron chi connectivity index (χ1n) is 9.85. The van der Waals surface area contributed by atoms with Crippen molar-refractivity contribution in [2.24, 2.45) is 0 Å². The Hall–Kier alpha value is -3.66. The Labute approximate surface area is 176 Å². The van der Waals surface area contributed by atoms with Crippen molar-refractivity contribution in [3.8, 4) is 16.9 Å². The first-order valence-corrected chi connectivity index (χ1v) is 9.85. The van der Waals surface area contributed by atoms with Crippen molar-refractivity contribution < 1.29 is 14.3 Å². The van der Waals surface area contributed by atoms with Crippen molar-refractivity contribution in [1.29, 1.82) is 0 Å². The molecular weight excluding hydrogens is 374 g/mol. The normalized spacial score (nSPS) is 13.5. The lowest BCUT2D eigenvalue weighted by atomic mass is 9.93. The number of ketones is 1. The van der Waals surface area contributed by atoms with E-state index in [4.69, 9.17) is 4.74 Å². The van der Waals surface area contributed by atoms with E-state index in [9.17, 15) is 9.59 Å². The van der Waals surface area contributed by atoms with Crippen LogP contribution in [0.15, 0.2) is 60.7 Å². The molecule has 1 amide bonds. The molecule has 0 saturated carbocycles. The number of nitrogens with zero attached hydrogens (tertiary/aromatic N) is 1. The Morgan fingerprint density at radius 1 is 0.900 bits per heavy atom. The van der Waals surface area contributed by atoms with Gasteiger partial charge in [-0.05, 0) is 53.4 Å². The zero-order valence-electron chi connectivity index (χ0n) is 17.3. The van der Waals surface area contributed by atoms with Crippen LogP contribution in [0.1, 0.15) is 40.9 Å². The Morgan fingerprint density at radius 2 is 1.67 bits per heavy atom. The highest BCUT2D eigenvalue weighted by atomic mass is 16.5. The minimum absolute atomic E-state index is 0.0304. The summed E-state index contributed by atoms with van der Waals surface area (Å²) < 4.78 is 5.35. The second kappa shape index (κ2) is 7.99. The molecular formula is C26H23NO3. The maximum absolute atomic E-state index is 12.5. The smallest absolute Gasteiger partial charge is 0.224 e. The molecule has 1 aliphatic rings. The molecule has 0 N–H and O–H groups in total. The van der Waals surface area contributed by atoms with Gasteiger partial charge in [-0.15, -0.1) is 0 Å². The highest BCUT2D eigenvalue weighted by Crippen LogP contribution is 2.34. The van der Waals surface area contributed by atoms with Gasteiger partial charge in [-0.2, -0.15) is 0 Å². The van der Waals surface area contributed by atoms with E-state index in [1.807, 2.05) is 60.7 Å². The number of carbonyl (C=O) groups is 2. The molecule has 0 fully saturated rings. The number of amides is 1. The molecule has 0 atom stereocenters. The Balaban J connectivity index is 1.85. The van der Waals surface area contributed by atoms with Crippen LogP contribution in [0.2, 0.25) is 0 Å². The molecule has 4 nitrogen and oxygen atoms in total. The molecule has 0 aromatic heterocycles.